The van der Waals surface area contributed by atoms with Crippen LogP contribution < -0.4 is 11.5 Å². The van der Waals surface area contributed by atoms with Crippen LogP contribution in [0.15, 0.2) is 60.7 Å². The van der Waals surface area contributed by atoms with Gasteiger partial charge in [-0.15, -0.1) is 0 Å². The smallest absolute Gasteiger partial charge is 0.254 e. The maximum absolute atomic E-state index is 11.6. The fourth-order valence-electron chi connectivity index (χ4n) is 2.86. The molecule has 0 saturated carbocycles. The number of benzene rings is 2. The summed E-state index contributed by atoms with van der Waals surface area (Å²) in [6.45, 7) is 0. The minimum atomic E-state index is -0.618. The van der Waals surface area contributed by atoms with E-state index in [0.29, 0.717) is 5.69 Å². The van der Waals surface area contributed by atoms with Crippen molar-refractivity contribution in [2.75, 3.05) is 5.73 Å². The van der Waals surface area contributed by atoms with E-state index in [-0.39, 0.29) is 11.4 Å². The molecule has 5 N–H and O–H groups in total. The Balaban J connectivity index is 1.86. The Labute approximate surface area is 143 Å². The van der Waals surface area contributed by atoms with Crippen molar-refractivity contribution in [2.45, 2.75) is 0 Å². The zero-order chi connectivity index (χ0) is 17.4. The van der Waals surface area contributed by atoms with Gasteiger partial charge in [0.25, 0.3) is 5.91 Å². The van der Waals surface area contributed by atoms with E-state index in [4.69, 9.17) is 16.5 Å². The van der Waals surface area contributed by atoms with Crippen LogP contribution in [0.4, 0.5) is 5.82 Å². The van der Waals surface area contributed by atoms with E-state index in [1.165, 1.54) is 0 Å². The lowest BCUT2D eigenvalue weighted by atomic mass is 10.0. The second kappa shape index (κ2) is 5.76. The summed E-state index contributed by atoms with van der Waals surface area (Å²) >= 11 is 0. The summed E-state index contributed by atoms with van der Waals surface area (Å²) in [6, 6.07) is 19.7. The maximum Gasteiger partial charge on any atom is 0.254 e. The molecule has 2 aromatic heterocycles. The maximum atomic E-state index is 11.6. The lowest BCUT2D eigenvalue weighted by Crippen LogP contribution is -2.13. The Morgan fingerprint density at radius 2 is 1.72 bits per heavy atom. The number of aromatic amines is 1. The van der Waals surface area contributed by atoms with Gasteiger partial charge >= 0.3 is 0 Å². The molecule has 25 heavy (non-hydrogen) atoms. The Morgan fingerprint density at radius 3 is 2.48 bits per heavy atom. The molecule has 2 aromatic carbocycles. The lowest BCUT2D eigenvalue weighted by Gasteiger charge is -2.06. The topological polar surface area (TPSA) is 111 Å². The number of nitrogen functional groups attached to an aromatic ring is 1. The number of hydrogen-bond donors (Lipinski definition) is 3. The molecular weight excluding hydrogens is 314 g/mol. The number of H-pyrrole nitrogens is 1. The number of nitrogens with one attached hydrogen (secondary N) is 1. The van der Waals surface area contributed by atoms with Gasteiger partial charge < -0.3 is 11.5 Å². The Bertz CT molecular complexity index is 1090. The summed E-state index contributed by atoms with van der Waals surface area (Å²) in [4.78, 5) is 16.4. The largest absolute Gasteiger partial charge is 0.382 e. The molecule has 0 aliphatic carbocycles. The standard InChI is InChI=1S/C19H15N5O/c20-18-16(19(21)25)17(23-24-18)13-7-6-12-8-9-14(22-15(12)10-13)11-4-2-1-3-5-11/h1-10H,(H2,21,25)(H3,20,23,24). The predicted molar refractivity (Wildman–Crippen MR) is 97.7 cm³/mol. The highest BCUT2D eigenvalue weighted by atomic mass is 16.1. The molecule has 0 unspecified atom stereocenters. The molecule has 0 aliphatic rings. The molecule has 0 fully saturated rings. The number of nitrogens with zero attached hydrogens (tertiary/aromatic N) is 2. The average molecular weight is 329 g/mol. The molecule has 0 spiro atoms. The van der Waals surface area contributed by atoms with Gasteiger partial charge in [-0.05, 0) is 12.1 Å². The van der Waals surface area contributed by atoms with E-state index in [9.17, 15) is 4.79 Å². The van der Waals surface area contributed by atoms with Crippen LogP contribution in [-0.4, -0.2) is 21.1 Å². The number of primary amides is 1. The average Bonchev–Trinajstić information content (AvgIpc) is 3.03. The fourth-order valence-corrected chi connectivity index (χ4v) is 2.86. The Morgan fingerprint density at radius 1 is 0.960 bits per heavy atom. The summed E-state index contributed by atoms with van der Waals surface area (Å²) < 4.78 is 0. The monoisotopic (exact) mass is 329 g/mol. The van der Waals surface area contributed by atoms with Crippen molar-refractivity contribution in [3.63, 3.8) is 0 Å². The third-order valence-corrected chi connectivity index (χ3v) is 4.09. The van der Waals surface area contributed by atoms with E-state index in [1.807, 2.05) is 60.7 Å². The van der Waals surface area contributed by atoms with Gasteiger partial charge in [-0.2, -0.15) is 5.10 Å². The molecule has 6 nitrogen and oxygen atoms in total. The van der Waals surface area contributed by atoms with E-state index in [1.54, 1.807) is 0 Å². The molecule has 0 bridgehead atoms. The van der Waals surface area contributed by atoms with Crippen LogP contribution in [0.2, 0.25) is 0 Å². The summed E-state index contributed by atoms with van der Waals surface area (Å²) in [5, 5.41) is 7.67. The number of hydrogen-bond acceptors (Lipinski definition) is 4. The zero-order valence-corrected chi connectivity index (χ0v) is 13.2. The Hall–Kier alpha value is -3.67. The second-order valence-electron chi connectivity index (χ2n) is 5.69. The number of fused-ring (bicyclic) bond motifs is 1. The van der Waals surface area contributed by atoms with E-state index in [2.05, 4.69) is 10.2 Å². The summed E-state index contributed by atoms with van der Waals surface area (Å²) in [5.41, 5.74) is 15.3. The highest BCUT2D eigenvalue weighted by molar-refractivity contribution is 6.03. The van der Waals surface area contributed by atoms with Crippen LogP contribution in [-0.2, 0) is 0 Å². The normalized spacial score (nSPS) is 10.9. The molecule has 4 rings (SSSR count). The van der Waals surface area contributed by atoms with Gasteiger partial charge in [0, 0.05) is 16.5 Å². The Kier molecular flexibility index (Phi) is 3.43. The molecule has 0 radical (unpaired) electrons. The number of carbonyl (C=O) groups excluding carboxylic acids is 1. The van der Waals surface area contributed by atoms with Crippen LogP contribution in [0, 0.1) is 0 Å². The molecule has 2 heterocycles. The van der Waals surface area contributed by atoms with Crippen LogP contribution in [0.3, 0.4) is 0 Å². The lowest BCUT2D eigenvalue weighted by molar-refractivity contribution is 0.100. The molecular formula is C19H15N5O. The van der Waals surface area contributed by atoms with E-state index < -0.39 is 5.91 Å². The third-order valence-electron chi connectivity index (χ3n) is 4.09. The molecule has 0 saturated heterocycles. The van der Waals surface area contributed by atoms with Gasteiger partial charge in [0.05, 0.1) is 16.9 Å². The number of carbonyl (C=O) groups is 1. The van der Waals surface area contributed by atoms with Crippen molar-refractivity contribution >= 4 is 22.6 Å². The van der Waals surface area contributed by atoms with Crippen molar-refractivity contribution in [3.8, 4) is 22.5 Å². The van der Waals surface area contributed by atoms with Gasteiger partial charge in [-0.1, -0.05) is 48.5 Å². The van der Waals surface area contributed by atoms with Crippen molar-refractivity contribution in [1.82, 2.24) is 15.2 Å². The van der Waals surface area contributed by atoms with Crippen LogP contribution in [0.5, 0.6) is 0 Å². The summed E-state index contributed by atoms with van der Waals surface area (Å²) in [6.07, 6.45) is 0. The molecule has 1 amide bonds. The third kappa shape index (κ3) is 2.59. The number of anilines is 1. The second-order valence-corrected chi connectivity index (χ2v) is 5.69. The first-order chi connectivity index (χ1) is 12.1. The highest BCUT2D eigenvalue weighted by Crippen LogP contribution is 2.28. The number of pyridine rings is 1. The summed E-state index contributed by atoms with van der Waals surface area (Å²) in [5.74, 6) is -0.527. The van der Waals surface area contributed by atoms with Gasteiger partial charge in [0.2, 0.25) is 0 Å². The highest BCUT2D eigenvalue weighted by Gasteiger charge is 2.17. The van der Waals surface area contributed by atoms with Gasteiger partial charge in [0.1, 0.15) is 5.56 Å². The van der Waals surface area contributed by atoms with Gasteiger partial charge in [-0.25, -0.2) is 4.98 Å². The first-order valence-corrected chi connectivity index (χ1v) is 7.74. The quantitative estimate of drug-likeness (QED) is 0.536. The van der Waals surface area contributed by atoms with Crippen molar-refractivity contribution in [1.29, 1.82) is 0 Å². The van der Waals surface area contributed by atoms with Gasteiger partial charge in [0.15, 0.2) is 5.82 Å². The number of aromatic nitrogens is 3. The number of rotatable bonds is 3. The zero-order valence-electron chi connectivity index (χ0n) is 13.2. The first-order valence-electron chi connectivity index (χ1n) is 7.74. The molecule has 4 aromatic rings. The molecule has 122 valence electrons. The molecule has 0 atom stereocenters. The minimum absolute atomic E-state index is 0.0913. The fraction of sp³-hybridized carbons (Fsp3) is 0. The van der Waals surface area contributed by atoms with Crippen LogP contribution in [0.1, 0.15) is 10.4 Å². The minimum Gasteiger partial charge on any atom is -0.382 e. The van der Waals surface area contributed by atoms with Crippen LogP contribution in [0.25, 0.3) is 33.4 Å². The molecule has 6 heteroatoms. The van der Waals surface area contributed by atoms with Crippen molar-refractivity contribution in [2.24, 2.45) is 5.73 Å². The number of nitrogens with two attached hydrogens (primary N) is 2. The van der Waals surface area contributed by atoms with Gasteiger partial charge in [-0.3, -0.25) is 9.89 Å². The van der Waals surface area contributed by atoms with E-state index >= 15 is 0 Å². The van der Waals surface area contributed by atoms with E-state index in [0.717, 1.165) is 27.7 Å². The molecule has 0 aliphatic heterocycles. The SMILES string of the molecule is NC(=O)c1c(N)n[nH]c1-c1ccc2ccc(-c3ccccc3)nc2c1. The van der Waals surface area contributed by atoms with Crippen molar-refractivity contribution < 1.29 is 4.79 Å². The first kappa shape index (κ1) is 14.9. The van der Waals surface area contributed by atoms with Crippen molar-refractivity contribution in [3.05, 3.63) is 66.2 Å². The number of amides is 1. The summed E-state index contributed by atoms with van der Waals surface area (Å²) in [7, 11) is 0. The van der Waals surface area contributed by atoms with Crippen LogP contribution >= 0.6 is 0 Å². The predicted octanol–water partition coefficient (Wildman–Crippen LogP) is 2.97.